The van der Waals surface area contributed by atoms with Gasteiger partial charge in [0.1, 0.15) is 5.82 Å². The third kappa shape index (κ3) is 0.928. The molecular weight excluding hydrogens is 134 g/mol. The lowest BCUT2D eigenvalue weighted by Crippen LogP contribution is -2.20. The number of hydrogen-bond acceptors (Lipinski definition) is 4. The Hall–Kier alpha value is -1.52. The van der Waals surface area contributed by atoms with E-state index in [1.165, 1.54) is 0 Å². The molecule has 0 radical (unpaired) electrons. The van der Waals surface area contributed by atoms with Crippen molar-refractivity contribution in [1.29, 1.82) is 0 Å². The highest BCUT2D eigenvalue weighted by Gasteiger charge is 1.94. The SMILES string of the molecule is Cc1cn([O-])c(=O)nc1N. The Labute approximate surface area is 56.7 Å². The second-order valence-electron chi connectivity index (χ2n) is 1.92. The summed E-state index contributed by atoms with van der Waals surface area (Å²) in [5.74, 6) is 0.108. The fraction of sp³-hybridized carbons (Fsp3) is 0.200. The summed E-state index contributed by atoms with van der Waals surface area (Å²) in [5, 5.41) is 10.5. The molecule has 0 spiro atoms. The van der Waals surface area contributed by atoms with E-state index in [0.29, 0.717) is 5.56 Å². The third-order valence-corrected chi connectivity index (χ3v) is 1.12. The summed E-state index contributed by atoms with van der Waals surface area (Å²) < 4.78 is 0.145. The smallest absolute Gasteiger partial charge is 0.344 e. The van der Waals surface area contributed by atoms with E-state index in [9.17, 15) is 10.0 Å². The van der Waals surface area contributed by atoms with Crippen LogP contribution in [0.1, 0.15) is 5.56 Å². The summed E-state index contributed by atoms with van der Waals surface area (Å²) in [7, 11) is 0. The van der Waals surface area contributed by atoms with Gasteiger partial charge in [0.15, 0.2) is 0 Å². The zero-order valence-corrected chi connectivity index (χ0v) is 5.37. The molecule has 0 aromatic carbocycles. The molecule has 1 rings (SSSR count). The van der Waals surface area contributed by atoms with Crippen molar-refractivity contribution in [2.75, 3.05) is 5.73 Å². The average molecular weight is 140 g/mol. The van der Waals surface area contributed by atoms with Crippen LogP contribution in [0.25, 0.3) is 0 Å². The lowest BCUT2D eigenvalue weighted by molar-refractivity contribution is 0.914. The van der Waals surface area contributed by atoms with Crippen LogP contribution in [0.3, 0.4) is 0 Å². The van der Waals surface area contributed by atoms with Gasteiger partial charge in [-0.3, -0.25) is 0 Å². The average Bonchev–Trinajstić information content (AvgIpc) is 1.84. The number of nitrogens with two attached hydrogens (primary N) is 1. The first-order chi connectivity index (χ1) is 4.61. The van der Waals surface area contributed by atoms with Crippen molar-refractivity contribution in [3.05, 3.63) is 27.5 Å². The van der Waals surface area contributed by atoms with Crippen molar-refractivity contribution < 1.29 is 0 Å². The van der Waals surface area contributed by atoms with Gasteiger partial charge in [0.2, 0.25) is 0 Å². The van der Waals surface area contributed by atoms with Gasteiger partial charge in [-0.1, -0.05) is 0 Å². The molecule has 0 amide bonds. The third-order valence-electron chi connectivity index (χ3n) is 1.12. The molecule has 5 heteroatoms. The van der Waals surface area contributed by atoms with Gasteiger partial charge in [0.05, 0.1) is 0 Å². The summed E-state index contributed by atoms with van der Waals surface area (Å²) in [4.78, 5) is 13.7. The number of aryl methyl sites for hydroxylation is 1. The number of anilines is 1. The van der Waals surface area contributed by atoms with Gasteiger partial charge in [0, 0.05) is 11.8 Å². The number of nitrogens with zero attached hydrogens (tertiary/aromatic N) is 2. The Kier molecular flexibility index (Phi) is 1.33. The van der Waals surface area contributed by atoms with E-state index in [0.717, 1.165) is 6.20 Å². The molecule has 1 heterocycles. The second kappa shape index (κ2) is 2.02. The van der Waals surface area contributed by atoms with E-state index in [4.69, 9.17) is 5.73 Å². The van der Waals surface area contributed by atoms with E-state index >= 15 is 0 Å². The first kappa shape index (κ1) is 6.60. The van der Waals surface area contributed by atoms with E-state index in [2.05, 4.69) is 4.98 Å². The molecule has 1 aromatic rings. The van der Waals surface area contributed by atoms with Crippen LogP contribution in [-0.4, -0.2) is 9.71 Å². The molecular formula is C5H6N3O2-. The minimum Gasteiger partial charge on any atom is -0.802 e. The highest BCUT2D eigenvalue weighted by atomic mass is 16.5. The van der Waals surface area contributed by atoms with Crippen LogP contribution in [0.15, 0.2) is 11.0 Å². The van der Waals surface area contributed by atoms with Crippen LogP contribution >= 0.6 is 0 Å². The minimum atomic E-state index is -0.872. The number of nitrogen functional groups attached to an aromatic ring is 1. The van der Waals surface area contributed by atoms with E-state index < -0.39 is 5.69 Å². The van der Waals surface area contributed by atoms with E-state index in [1.807, 2.05) is 0 Å². The minimum absolute atomic E-state index is 0.108. The second-order valence-corrected chi connectivity index (χ2v) is 1.92. The number of hydrogen-bond donors (Lipinski definition) is 1. The zero-order valence-electron chi connectivity index (χ0n) is 5.37. The Morgan fingerprint density at radius 3 is 2.90 bits per heavy atom. The lowest BCUT2D eigenvalue weighted by Gasteiger charge is -2.08. The molecule has 0 fully saturated rings. The first-order valence-electron chi connectivity index (χ1n) is 2.64. The van der Waals surface area contributed by atoms with Gasteiger partial charge in [0.25, 0.3) is 0 Å². The molecule has 54 valence electrons. The summed E-state index contributed by atoms with van der Waals surface area (Å²) in [6.07, 6.45) is 1.10. The molecule has 1 aromatic heterocycles. The molecule has 0 saturated heterocycles. The summed E-state index contributed by atoms with van der Waals surface area (Å²) in [6, 6.07) is 0. The fourth-order valence-electron chi connectivity index (χ4n) is 0.538. The van der Waals surface area contributed by atoms with Crippen LogP contribution in [0, 0.1) is 12.1 Å². The maximum Gasteiger partial charge on any atom is 0.344 e. The van der Waals surface area contributed by atoms with Gasteiger partial charge in [-0.25, -0.2) is 4.79 Å². The zero-order chi connectivity index (χ0) is 7.72. The van der Waals surface area contributed by atoms with Gasteiger partial charge >= 0.3 is 5.69 Å². The molecule has 0 bridgehead atoms. The lowest BCUT2D eigenvalue weighted by atomic mass is 10.4. The van der Waals surface area contributed by atoms with Crippen molar-refractivity contribution in [3.63, 3.8) is 0 Å². The molecule has 5 nitrogen and oxygen atoms in total. The van der Waals surface area contributed by atoms with Crippen molar-refractivity contribution in [3.8, 4) is 0 Å². The summed E-state index contributed by atoms with van der Waals surface area (Å²) >= 11 is 0. The Morgan fingerprint density at radius 2 is 2.40 bits per heavy atom. The largest absolute Gasteiger partial charge is 0.802 e. The van der Waals surface area contributed by atoms with Crippen LogP contribution in [-0.2, 0) is 0 Å². The Balaban J connectivity index is 3.43. The van der Waals surface area contributed by atoms with E-state index in [1.54, 1.807) is 6.92 Å². The van der Waals surface area contributed by atoms with Crippen molar-refractivity contribution in [1.82, 2.24) is 9.71 Å². The summed E-state index contributed by atoms with van der Waals surface area (Å²) in [6.45, 7) is 1.61. The Bertz CT molecular complexity index is 304. The van der Waals surface area contributed by atoms with E-state index in [-0.39, 0.29) is 10.5 Å². The Morgan fingerprint density at radius 1 is 1.80 bits per heavy atom. The molecule has 0 aliphatic rings. The van der Waals surface area contributed by atoms with Crippen molar-refractivity contribution in [2.45, 2.75) is 6.92 Å². The monoisotopic (exact) mass is 140 g/mol. The van der Waals surface area contributed by atoms with Gasteiger partial charge in [-0.15, -0.1) is 0 Å². The van der Waals surface area contributed by atoms with Crippen LogP contribution in [0.4, 0.5) is 5.82 Å². The van der Waals surface area contributed by atoms with Crippen molar-refractivity contribution >= 4 is 5.82 Å². The first-order valence-corrected chi connectivity index (χ1v) is 2.64. The molecule has 0 aliphatic carbocycles. The number of aromatic nitrogens is 2. The summed E-state index contributed by atoms with van der Waals surface area (Å²) in [5.41, 5.74) is 4.86. The van der Waals surface area contributed by atoms with Crippen molar-refractivity contribution in [2.24, 2.45) is 0 Å². The molecule has 0 aliphatic heterocycles. The fourth-order valence-corrected chi connectivity index (χ4v) is 0.538. The van der Waals surface area contributed by atoms with Gasteiger partial charge < -0.3 is 15.7 Å². The van der Waals surface area contributed by atoms with Crippen LogP contribution in [0.2, 0.25) is 0 Å². The topological polar surface area (TPSA) is 84.0 Å². The predicted octanol–water partition coefficient (Wildman–Crippen LogP) is -0.520. The highest BCUT2D eigenvalue weighted by molar-refractivity contribution is 5.35. The van der Waals surface area contributed by atoms with Gasteiger partial charge in [-0.05, 0) is 6.92 Å². The quantitative estimate of drug-likeness (QED) is 0.525. The van der Waals surface area contributed by atoms with Gasteiger partial charge in [-0.2, -0.15) is 4.98 Å². The molecule has 0 saturated carbocycles. The maximum absolute atomic E-state index is 10.5. The number of rotatable bonds is 0. The normalized spacial score (nSPS) is 9.70. The predicted molar refractivity (Wildman–Crippen MR) is 36.4 cm³/mol. The van der Waals surface area contributed by atoms with Crippen LogP contribution in [0.5, 0.6) is 0 Å². The highest BCUT2D eigenvalue weighted by Crippen LogP contribution is 1.99. The molecule has 2 N–H and O–H groups in total. The maximum atomic E-state index is 10.5. The standard InChI is InChI=1S/C5H6N3O2/c1-3-2-8(10)5(9)7-4(3)6/h2H,1H3,(H2,6,7,9)/q-1. The molecule has 10 heavy (non-hydrogen) atoms. The molecule has 0 unspecified atom stereocenters. The molecule has 0 atom stereocenters. The van der Waals surface area contributed by atoms with Crippen LogP contribution < -0.4 is 11.4 Å².